The number of benzene rings is 1. The van der Waals surface area contributed by atoms with Gasteiger partial charge < -0.3 is 15.0 Å². The number of hydrogen-bond donors (Lipinski definition) is 1. The second-order valence-electron chi connectivity index (χ2n) is 8.39. The predicted molar refractivity (Wildman–Crippen MR) is 123 cm³/mol. The van der Waals surface area contributed by atoms with E-state index in [1.807, 2.05) is 35.2 Å². The van der Waals surface area contributed by atoms with Crippen molar-refractivity contribution >= 4 is 28.8 Å². The molecule has 31 heavy (non-hydrogen) atoms. The van der Waals surface area contributed by atoms with Crippen LogP contribution in [0.2, 0.25) is 0 Å². The van der Waals surface area contributed by atoms with E-state index in [0.29, 0.717) is 32.5 Å². The van der Waals surface area contributed by atoms with Crippen molar-refractivity contribution in [2.45, 2.75) is 38.3 Å². The third-order valence-electron chi connectivity index (χ3n) is 6.06. The van der Waals surface area contributed by atoms with Gasteiger partial charge >= 0.3 is 0 Å². The largest absolute Gasteiger partial charge is 0.377 e. The summed E-state index contributed by atoms with van der Waals surface area (Å²) in [5, 5.41) is 5.07. The smallest absolute Gasteiger partial charge is 0.236 e. The van der Waals surface area contributed by atoms with Crippen molar-refractivity contribution < 1.29 is 14.3 Å². The van der Waals surface area contributed by atoms with Gasteiger partial charge in [0.05, 0.1) is 12.6 Å². The van der Waals surface area contributed by atoms with Crippen molar-refractivity contribution in [3.63, 3.8) is 0 Å². The normalized spacial score (nSPS) is 19.6. The maximum absolute atomic E-state index is 13.0. The summed E-state index contributed by atoms with van der Waals surface area (Å²) in [6.45, 7) is 4.07. The molecule has 1 aromatic heterocycles. The van der Waals surface area contributed by atoms with Gasteiger partial charge in [-0.15, -0.1) is 11.3 Å². The molecule has 2 amide bonds. The molecule has 1 aromatic carbocycles. The molecule has 0 spiro atoms. The molecule has 2 aromatic rings. The highest BCUT2D eigenvalue weighted by atomic mass is 32.1. The number of ether oxygens (including phenoxy) is 1. The number of hydrogen-bond acceptors (Lipinski definition) is 5. The van der Waals surface area contributed by atoms with E-state index in [2.05, 4.69) is 27.7 Å². The highest BCUT2D eigenvalue weighted by Crippen LogP contribution is 2.21. The van der Waals surface area contributed by atoms with Crippen LogP contribution < -0.4 is 5.32 Å². The molecule has 6 nitrogen and oxygen atoms in total. The van der Waals surface area contributed by atoms with Crippen LogP contribution in [0, 0.1) is 5.92 Å². The van der Waals surface area contributed by atoms with Crippen LogP contribution >= 0.6 is 11.3 Å². The predicted octanol–water partition coefficient (Wildman–Crippen LogP) is 3.61. The zero-order valence-corrected chi connectivity index (χ0v) is 18.7. The third kappa shape index (κ3) is 6.38. The first-order chi connectivity index (χ1) is 15.2. The van der Waals surface area contributed by atoms with Gasteiger partial charge in [-0.1, -0.05) is 24.3 Å². The highest BCUT2D eigenvalue weighted by molar-refractivity contribution is 7.09. The number of rotatable bonds is 8. The van der Waals surface area contributed by atoms with Crippen molar-refractivity contribution in [1.29, 1.82) is 0 Å². The Balaban J connectivity index is 1.27. The Morgan fingerprint density at radius 2 is 1.90 bits per heavy atom. The zero-order valence-electron chi connectivity index (χ0n) is 17.9. The Morgan fingerprint density at radius 1 is 1.10 bits per heavy atom. The van der Waals surface area contributed by atoms with Gasteiger partial charge in [0.15, 0.2) is 0 Å². The second kappa shape index (κ2) is 10.9. The first kappa shape index (κ1) is 22.0. The van der Waals surface area contributed by atoms with Gasteiger partial charge in [0, 0.05) is 49.3 Å². The summed E-state index contributed by atoms with van der Waals surface area (Å²) < 4.78 is 5.81. The van der Waals surface area contributed by atoms with Crippen molar-refractivity contribution in [3.8, 4) is 0 Å². The summed E-state index contributed by atoms with van der Waals surface area (Å²) in [6, 6.07) is 13.7. The number of carbonyl (C=O) groups is 2. The number of likely N-dealkylation sites (tertiary alicyclic amines) is 1. The molecule has 1 N–H and O–H groups in total. The van der Waals surface area contributed by atoms with E-state index in [0.717, 1.165) is 38.2 Å². The number of nitrogens with zero attached hydrogens (tertiary/aromatic N) is 2. The second-order valence-corrected chi connectivity index (χ2v) is 9.43. The summed E-state index contributed by atoms with van der Waals surface area (Å²) in [5.74, 6) is 0.158. The fraction of sp³-hybridized carbons (Fsp3) is 0.500. The molecule has 0 aliphatic carbocycles. The number of thiophene rings is 1. The first-order valence-corrected chi connectivity index (χ1v) is 12.1. The Morgan fingerprint density at radius 3 is 2.58 bits per heavy atom. The first-order valence-electron chi connectivity index (χ1n) is 11.2. The van der Waals surface area contributed by atoms with E-state index in [4.69, 9.17) is 4.74 Å². The molecule has 0 bridgehead atoms. The lowest BCUT2D eigenvalue weighted by Gasteiger charge is -2.33. The molecule has 4 rings (SSSR count). The van der Waals surface area contributed by atoms with Crippen LogP contribution in [0.1, 0.15) is 30.6 Å². The molecule has 2 saturated heterocycles. The van der Waals surface area contributed by atoms with Gasteiger partial charge in [-0.2, -0.15) is 0 Å². The Labute approximate surface area is 188 Å². The summed E-state index contributed by atoms with van der Waals surface area (Å²) in [4.78, 5) is 31.0. The van der Waals surface area contributed by atoms with E-state index < -0.39 is 0 Å². The van der Waals surface area contributed by atoms with Crippen LogP contribution in [0.3, 0.4) is 0 Å². The zero-order chi connectivity index (χ0) is 21.5. The molecular formula is C24H31N3O3S. The van der Waals surface area contributed by atoms with Crippen LogP contribution in [-0.2, 0) is 20.9 Å². The number of piperidine rings is 1. The number of anilines is 1. The van der Waals surface area contributed by atoms with E-state index >= 15 is 0 Å². The van der Waals surface area contributed by atoms with Crippen LogP contribution in [0.25, 0.3) is 0 Å². The molecule has 2 aliphatic heterocycles. The lowest BCUT2D eigenvalue weighted by molar-refractivity contribution is -0.136. The molecule has 0 radical (unpaired) electrons. The monoisotopic (exact) mass is 441 g/mol. The lowest BCUT2D eigenvalue weighted by atomic mass is 9.95. The van der Waals surface area contributed by atoms with Crippen LogP contribution in [0.15, 0.2) is 47.8 Å². The van der Waals surface area contributed by atoms with Crippen molar-refractivity contribution in [2.75, 3.05) is 38.1 Å². The summed E-state index contributed by atoms with van der Waals surface area (Å²) >= 11 is 1.72. The summed E-state index contributed by atoms with van der Waals surface area (Å²) in [6.07, 6.45) is 3.81. The number of carbonyl (C=O) groups excluding carboxylic acids is 2. The van der Waals surface area contributed by atoms with Crippen LogP contribution in [0.5, 0.6) is 0 Å². The van der Waals surface area contributed by atoms with Crippen molar-refractivity contribution in [3.05, 3.63) is 52.7 Å². The quantitative estimate of drug-likeness (QED) is 0.680. The summed E-state index contributed by atoms with van der Waals surface area (Å²) in [5.41, 5.74) is 0.823. The van der Waals surface area contributed by atoms with Crippen LogP contribution in [0.4, 0.5) is 5.69 Å². The minimum absolute atomic E-state index is 0.0432. The Bertz CT molecular complexity index is 829. The van der Waals surface area contributed by atoms with Gasteiger partial charge in [0.25, 0.3) is 0 Å². The topological polar surface area (TPSA) is 61.9 Å². The van der Waals surface area contributed by atoms with E-state index in [1.54, 1.807) is 11.3 Å². The molecule has 1 atom stereocenters. The van der Waals surface area contributed by atoms with Crippen molar-refractivity contribution in [1.82, 2.24) is 9.80 Å². The average Bonchev–Trinajstić information content (AvgIpc) is 3.49. The van der Waals surface area contributed by atoms with E-state index in [1.165, 1.54) is 4.88 Å². The van der Waals surface area contributed by atoms with Crippen molar-refractivity contribution in [2.24, 2.45) is 5.92 Å². The average molecular weight is 442 g/mol. The highest BCUT2D eigenvalue weighted by Gasteiger charge is 2.29. The maximum Gasteiger partial charge on any atom is 0.236 e. The summed E-state index contributed by atoms with van der Waals surface area (Å²) in [7, 11) is 0. The maximum atomic E-state index is 13.0. The SMILES string of the molecule is O=C(Nc1ccccc1)C1CCN(C(=O)CN(Cc2cccs2)CC2CCCO2)CC1. The Hall–Kier alpha value is -2.22. The van der Waals surface area contributed by atoms with E-state index in [9.17, 15) is 9.59 Å². The molecular weight excluding hydrogens is 410 g/mol. The van der Waals surface area contributed by atoms with Gasteiger partial charge in [-0.25, -0.2) is 0 Å². The molecule has 3 heterocycles. The molecule has 2 fully saturated rings. The third-order valence-corrected chi connectivity index (χ3v) is 6.93. The molecule has 166 valence electrons. The van der Waals surface area contributed by atoms with E-state index in [-0.39, 0.29) is 23.8 Å². The number of nitrogens with one attached hydrogen (secondary N) is 1. The molecule has 1 unspecified atom stereocenters. The fourth-order valence-electron chi connectivity index (χ4n) is 4.33. The lowest BCUT2D eigenvalue weighted by Crippen LogP contribution is -2.46. The Kier molecular flexibility index (Phi) is 7.72. The number of para-hydroxylation sites is 1. The van der Waals surface area contributed by atoms with Gasteiger partial charge in [0.2, 0.25) is 11.8 Å². The molecule has 0 saturated carbocycles. The molecule has 2 aliphatic rings. The minimum atomic E-state index is -0.0432. The minimum Gasteiger partial charge on any atom is -0.377 e. The molecule has 7 heteroatoms. The van der Waals surface area contributed by atoms with Gasteiger partial charge in [-0.05, 0) is 49.3 Å². The van der Waals surface area contributed by atoms with Gasteiger partial charge in [0.1, 0.15) is 0 Å². The van der Waals surface area contributed by atoms with Crippen LogP contribution in [-0.4, -0.2) is 60.5 Å². The fourth-order valence-corrected chi connectivity index (χ4v) is 5.08. The number of amides is 2. The standard InChI is InChI=1S/C24H31N3O3S/c28-23(18-26(16-21-8-4-14-30-21)17-22-9-5-15-31-22)27-12-10-19(11-13-27)24(29)25-20-6-2-1-3-7-20/h1-3,5-7,9,15,19,21H,4,8,10-14,16-18H2,(H,25,29). The van der Waals surface area contributed by atoms with Gasteiger partial charge in [-0.3, -0.25) is 14.5 Å².